The fourth-order valence-electron chi connectivity index (χ4n) is 2.06. The highest BCUT2D eigenvalue weighted by atomic mass is 16.5. The lowest BCUT2D eigenvalue weighted by molar-refractivity contribution is 0.242. The predicted molar refractivity (Wildman–Crippen MR) is 87.7 cm³/mol. The number of guanidine groups is 1. The molecule has 0 radical (unpaired) electrons. The molecule has 116 valence electrons. The van der Waals surface area contributed by atoms with Gasteiger partial charge < -0.3 is 15.4 Å². The van der Waals surface area contributed by atoms with E-state index in [0.717, 1.165) is 36.3 Å². The Morgan fingerprint density at radius 3 is 2.81 bits per heavy atom. The molecule has 21 heavy (non-hydrogen) atoms. The van der Waals surface area contributed by atoms with E-state index in [1.807, 2.05) is 26.0 Å². The third-order valence-corrected chi connectivity index (χ3v) is 3.29. The molecule has 0 saturated heterocycles. The maximum Gasteiger partial charge on any atom is 0.191 e. The summed E-state index contributed by atoms with van der Waals surface area (Å²) >= 11 is 0. The minimum absolute atomic E-state index is 0.196. The quantitative estimate of drug-likeness (QED) is 0.599. The van der Waals surface area contributed by atoms with Crippen molar-refractivity contribution < 1.29 is 4.74 Å². The number of ether oxygens (including phenoxy) is 1. The molecule has 0 unspecified atom stereocenters. The zero-order valence-electron chi connectivity index (χ0n) is 13.4. The van der Waals surface area contributed by atoms with Gasteiger partial charge >= 0.3 is 0 Å². The van der Waals surface area contributed by atoms with Gasteiger partial charge in [-0.25, -0.2) is 4.99 Å². The molecule has 1 fully saturated rings. The second-order valence-corrected chi connectivity index (χ2v) is 5.83. The first-order valence-corrected chi connectivity index (χ1v) is 7.95. The Balaban J connectivity index is 1.91. The van der Waals surface area contributed by atoms with Gasteiger partial charge in [0, 0.05) is 13.1 Å². The zero-order valence-corrected chi connectivity index (χ0v) is 13.4. The van der Waals surface area contributed by atoms with Crippen molar-refractivity contribution in [2.45, 2.75) is 46.3 Å². The standard InChI is InChI=1S/C17H27N3O/c1-4-18-17(19-11-14-8-9-14)20-12-15-6-5-7-16(10-15)21-13(2)3/h5-7,10,13-14H,4,8-9,11-12H2,1-3H3,(H2,18,19,20). The summed E-state index contributed by atoms with van der Waals surface area (Å²) < 4.78 is 5.72. The number of nitrogens with one attached hydrogen (secondary N) is 2. The summed E-state index contributed by atoms with van der Waals surface area (Å²) in [5, 5.41) is 6.70. The van der Waals surface area contributed by atoms with Crippen LogP contribution in [0.3, 0.4) is 0 Å². The van der Waals surface area contributed by atoms with Gasteiger partial charge in [-0.3, -0.25) is 0 Å². The smallest absolute Gasteiger partial charge is 0.191 e. The van der Waals surface area contributed by atoms with E-state index in [-0.39, 0.29) is 6.10 Å². The van der Waals surface area contributed by atoms with Gasteiger partial charge in [0.2, 0.25) is 0 Å². The summed E-state index contributed by atoms with van der Waals surface area (Å²) in [5.74, 6) is 2.66. The van der Waals surface area contributed by atoms with Crippen LogP contribution in [-0.4, -0.2) is 25.2 Å². The van der Waals surface area contributed by atoms with E-state index in [1.54, 1.807) is 0 Å². The van der Waals surface area contributed by atoms with E-state index >= 15 is 0 Å². The number of aliphatic imine (C=N–C) groups is 1. The summed E-state index contributed by atoms with van der Waals surface area (Å²) in [6, 6.07) is 8.16. The Morgan fingerprint density at radius 1 is 1.33 bits per heavy atom. The third kappa shape index (κ3) is 6.06. The van der Waals surface area contributed by atoms with Crippen molar-refractivity contribution in [3.8, 4) is 5.75 Å². The summed E-state index contributed by atoms with van der Waals surface area (Å²) in [4.78, 5) is 4.64. The molecule has 0 heterocycles. The molecule has 1 aromatic carbocycles. The first-order valence-electron chi connectivity index (χ1n) is 7.95. The number of hydrogen-bond acceptors (Lipinski definition) is 2. The lowest BCUT2D eigenvalue weighted by atomic mass is 10.2. The minimum Gasteiger partial charge on any atom is -0.491 e. The van der Waals surface area contributed by atoms with Crippen molar-refractivity contribution in [1.29, 1.82) is 0 Å². The molecule has 1 aromatic rings. The Bertz CT molecular complexity index is 467. The van der Waals surface area contributed by atoms with Gasteiger partial charge in [0.25, 0.3) is 0 Å². The lowest BCUT2D eigenvalue weighted by Gasteiger charge is -2.12. The van der Waals surface area contributed by atoms with Crippen LogP contribution < -0.4 is 15.4 Å². The average Bonchev–Trinajstić information content (AvgIpc) is 3.26. The molecule has 0 aromatic heterocycles. The van der Waals surface area contributed by atoms with Crippen molar-refractivity contribution in [2.24, 2.45) is 10.9 Å². The molecule has 4 nitrogen and oxygen atoms in total. The maximum atomic E-state index is 5.72. The third-order valence-electron chi connectivity index (χ3n) is 3.29. The lowest BCUT2D eigenvalue weighted by Crippen LogP contribution is -2.38. The van der Waals surface area contributed by atoms with Crippen LogP contribution in [0.4, 0.5) is 0 Å². The topological polar surface area (TPSA) is 45.7 Å². The van der Waals surface area contributed by atoms with Crippen LogP contribution in [0.2, 0.25) is 0 Å². The van der Waals surface area contributed by atoms with Crippen molar-refractivity contribution in [3.63, 3.8) is 0 Å². The molecule has 0 amide bonds. The van der Waals surface area contributed by atoms with E-state index in [2.05, 4.69) is 34.7 Å². The van der Waals surface area contributed by atoms with Crippen LogP contribution in [0.15, 0.2) is 29.3 Å². The monoisotopic (exact) mass is 289 g/mol. The number of rotatable bonds is 7. The van der Waals surface area contributed by atoms with Gasteiger partial charge in [0.05, 0.1) is 12.6 Å². The molecular formula is C17H27N3O. The second kappa shape index (κ2) is 7.91. The van der Waals surface area contributed by atoms with Crippen LogP contribution in [0.25, 0.3) is 0 Å². The van der Waals surface area contributed by atoms with Crippen LogP contribution >= 0.6 is 0 Å². The Hall–Kier alpha value is -1.71. The molecule has 0 bridgehead atoms. The van der Waals surface area contributed by atoms with Crippen LogP contribution in [0.5, 0.6) is 5.75 Å². The van der Waals surface area contributed by atoms with E-state index in [1.165, 1.54) is 12.8 Å². The SMILES string of the molecule is CCNC(=NCc1cccc(OC(C)C)c1)NCC1CC1. The second-order valence-electron chi connectivity index (χ2n) is 5.83. The Morgan fingerprint density at radius 2 is 2.14 bits per heavy atom. The van der Waals surface area contributed by atoms with Crippen LogP contribution in [-0.2, 0) is 6.54 Å². The highest BCUT2D eigenvalue weighted by Gasteiger charge is 2.20. The van der Waals surface area contributed by atoms with Gasteiger partial charge in [0.15, 0.2) is 5.96 Å². The predicted octanol–water partition coefficient (Wildman–Crippen LogP) is 2.94. The van der Waals surface area contributed by atoms with Gasteiger partial charge in [-0.1, -0.05) is 12.1 Å². The van der Waals surface area contributed by atoms with Gasteiger partial charge in [-0.15, -0.1) is 0 Å². The average molecular weight is 289 g/mol. The first-order chi connectivity index (χ1) is 10.2. The summed E-state index contributed by atoms with van der Waals surface area (Å²) in [5.41, 5.74) is 1.16. The number of hydrogen-bond donors (Lipinski definition) is 2. The van der Waals surface area contributed by atoms with Gasteiger partial charge in [-0.2, -0.15) is 0 Å². The Kier molecular flexibility index (Phi) is 5.90. The minimum atomic E-state index is 0.196. The van der Waals surface area contributed by atoms with E-state index in [0.29, 0.717) is 6.54 Å². The number of nitrogens with zero attached hydrogens (tertiary/aromatic N) is 1. The highest BCUT2D eigenvalue weighted by molar-refractivity contribution is 5.79. The van der Waals surface area contributed by atoms with Gasteiger partial charge in [0.1, 0.15) is 5.75 Å². The van der Waals surface area contributed by atoms with Crippen molar-refractivity contribution in [1.82, 2.24) is 10.6 Å². The summed E-state index contributed by atoms with van der Waals surface area (Å²) in [6.45, 7) is 8.74. The molecule has 0 atom stereocenters. The molecule has 1 aliphatic rings. The van der Waals surface area contributed by atoms with Crippen molar-refractivity contribution in [2.75, 3.05) is 13.1 Å². The molecule has 1 aliphatic carbocycles. The first kappa shape index (κ1) is 15.7. The van der Waals surface area contributed by atoms with Crippen LogP contribution in [0.1, 0.15) is 39.2 Å². The van der Waals surface area contributed by atoms with E-state index in [9.17, 15) is 0 Å². The summed E-state index contributed by atoms with van der Waals surface area (Å²) in [6.07, 6.45) is 2.89. The zero-order chi connectivity index (χ0) is 15.1. The fourth-order valence-corrected chi connectivity index (χ4v) is 2.06. The molecule has 4 heteroatoms. The summed E-state index contributed by atoms with van der Waals surface area (Å²) in [7, 11) is 0. The maximum absolute atomic E-state index is 5.72. The normalized spacial score (nSPS) is 15.1. The molecule has 2 N–H and O–H groups in total. The largest absolute Gasteiger partial charge is 0.491 e. The molecule has 0 spiro atoms. The van der Waals surface area contributed by atoms with Gasteiger partial charge in [-0.05, 0) is 57.2 Å². The molecule has 2 rings (SSSR count). The highest BCUT2D eigenvalue weighted by Crippen LogP contribution is 2.27. The fraction of sp³-hybridized carbons (Fsp3) is 0.588. The molecule has 1 saturated carbocycles. The van der Waals surface area contributed by atoms with Crippen molar-refractivity contribution >= 4 is 5.96 Å². The molecular weight excluding hydrogens is 262 g/mol. The van der Waals surface area contributed by atoms with Crippen molar-refractivity contribution in [3.05, 3.63) is 29.8 Å². The van der Waals surface area contributed by atoms with E-state index in [4.69, 9.17) is 4.74 Å². The molecule has 0 aliphatic heterocycles. The van der Waals surface area contributed by atoms with E-state index < -0.39 is 0 Å². The number of benzene rings is 1. The van der Waals surface area contributed by atoms with Crippen LogP contribution in [0, 0.1) is 5.92 Å². The Labute approximate surface area is 128 Å².